The summed E-state index contributed by atoms with van der Waals surface area (Å²) < 4.78 is 0. The van der Waals surface area contributed by atoms with Crippen molar-refractivity contribution in [3.05, 3.63) is 36.4 Å². The highest BCUT2D eigenvalue weighted by atomic mass is 16.4. The molecule has 0 bridgehead atoms. The van der Waals surface area contributed by atoms with Gasteiger partial charge in [-0.25, -0.2) is 14.8 Å². The summed E-state index contributed by atoms with van der Waals surface area (Å²) in [6.45, 7) is 0.999. The topological polar surface area (TPSA) is 208 Å². The zero-order valence-corrected chi connectivity index (χ0v) is 16.2. The number of nitrogens with zero attached hydrogens (tertiary/aromatic N) is 2. The van der Waals surface area contributed by atoms with E-state index in [1.165, 1.54) is 32.0 Å². The molecule has 0 aliphatic heterocycles. The van der Waals surface area contributed by atoms with E-state index in [-0.39, 0.29) is 12.8 Å². The predicted molar refractivity (Wildman–Crippen MR) is 103 cm³/mol. The van der Waals surface area contributed by atoms with Crippen molar-refractivity contribution in [2.75, 3.05) is 6.54 Å². The number of imidazole rings is 2. The Hall–Kier alpha value is -3.74. The zero-order valence-electron chi connectivity index (χ0n) is 16.2. The number of carboxylic acid groups (broad SMARTS) is 1. The van der Waals surface area contributed by atoms with Crippen molar-refractivity contribution in [1.29, 1.82) is 0 Å². The number of nitrogens with two attached hydrogens (primary N) is 1. The lowest BCUT2D eigenvalue weighted by molar-refractivity contribution is -0.141. The van der Waals surface area contributed by atoms with Crippen LogP contribution in [-0.2, 0) is 32.0 Å². The summed E-state index contributed by atoms with van der Waals surface area (Å²) in [5.74, 6) is -3.10. The number of carboxylic acids is 1. The fourth-order valence-corrected chi connectivity index (χ4v) is 2.48. The molecule has 162 valence electrons. The van der Waals surface area contributed by atoms with Gasteiger partial charge in [0, 0.05) is 36.6 Å². The van der Waals surface area contributed by atoms with Crippen LogP contribution in [0.15, 0.2) is 25.0 Å². The van der Waals surface area contributed by atoms with Crippen molar-refractivity contribution < 1.29 is 24.3 Å². The van der Waals surface area contributed by atoms with E-state index in [4.69, 9.17) is 5.73 Å². The van der Waals surface area contributed by atoms with Gasteiger partial charge in [-0.2, -0.15) is 0 Å². The van der Waals surface area contributed by atoms with Crippen LogP contribution in [0.5, 0.6) is 0 Å². The van der Waals surface area contributed by atoms with Crippen LogP contribution in [0.25, 0.3) is 0 Å². The minimum absolute atomic E-state index is 0.00190. The van der Waals surface area contributed by atoms with Crippen molar-refractivity contribution >= 4 is 23.7 Å². The van der Waals surface area contributed by atoms with E-state index < -0.39 is 48.4 Å². The number of aliphatic carboxylic acids is 1. The maximum Gasteiger partial charge on any atom is 0.326 e. The molecule has 0 saturated heterocycles. The molecule has 3 atom stereocenters. The number of hydrogen-bond donors (Lipinski definition) is 7. The predicted octanol–water partition coefficient (Wildman–Crippen LogP) is -2.56. The van der Waals surface area contributed by atoms with Crippen molar-refractivity contribution in [3.8, 4) is 0 Å². The molecule has 0 aliphatic rings. The van der Waals surface area contributed by atoms with Gasteiger partial charge < -0.3 is 36.8 Å². The minimum Gasteiger partial charge on any atom is -0.480 e. The SMILES string of the molecule is CC(N)C(=O)NC(Cc1cnc[nH]1)C(=O)NCC(=O)NC(Cc1cnc[nH]1)C(=O)O. The Labute approximate surface area is 171 Å². The lowest BCUT2D eigenvalue weighted by Crippen LogP contribution is -2.54. The largest absolute Gasteiger partial charge is 0.480 e. The molecule has 13 nitrogen and oxygen atoms in total. The van der Waals surface area contributed by atoms with Crippen LogP contribution in [0.2, 0.25) is 0 Å². The Bertz CT molecular complexity index is 850. The molecule has 30 heavy (non-hydrogen) atoms. The van der Waals surface area contributed by atoms with E-state index in [1.807, 2.05) is 0 Å². The number of hydrogen-bond acceptors (Lipinski definition) is 7. The molecule has 2 heterocycles. The third-order valence-corrected chi connectivity index (χ3v) is 4.06. The normalized spacial score (nSPS) is 13.7. The molecule has 0 spiro atoms. The molecule has 0 fully saturated rings. The molecule has 0 aliphatic carbocycles. The summed E-state index contributed by atoms with van der Waals surface area (Å²) in [6.07, 6.45) is 5.87. The summed E-state index contributed by atoms with van der Waals surface area (Å²) in [6, 6.07) is -3.03. The van der Waals surface area contributed by atoms with E-state index in [2.05, 4.69) is 35.9 Å². The first-order chi connectivity index (χ1) is 14.3. The van der Waals surface area contributed by atoms with E-state index >= 15 is 0 Å². The highest BCUT2D eigenvalue weighted by molar-refractivity contribution is 5.92. The first kappa shape index (κ1) is 22.5. The highest BCUT2D eigenvalue weighted by Crippen LogP contribution is 2.01. The molecule has 13 heteroatoms. The van der Waals surface area contributed by atoms with Gasteiger partial charge in [-0.05, 0) is 6.92 Å². The second-order valence-electron chi connectivity index (χ2n) is 6.59. The zero-order chi connectivity index (χ0) is 22.1. The smallest absolute Gasteiger partial charge is 0.326 e. The molecule has 2 aromatic rings. The quantitative estimate of drug-likeness (QED) is 0.205. The second kappa shape index (κ2) is 10.7. The molecular formula is C17H24N8O5. The molecule has 8 N–H and O–H groups in total. The van der Waals surface area contributed by atoms with Gasteiger partial charge in [0.2, 0.25) is 17.7 Å². The first-order valence-electron chi connectivity index (χ1n) is 9.06. The fraction of sp³-hybridized carbons (Fsp3) is 0.412. The van der Waals surface area contributed by atoms with Gasteiger partial charge in [-0.1, -0.05) is 0 Å². The van der Waals surface area contributed by atoms with Gasteiger partial charge in [0.1, 0.15) is 12.1 Å². The number of carbonyl (C=O) groups is 4. The Morgan fingerprint density at radius 1 is 1.00 bits per heavy atom. The van der Waals surface area contributed by atoms with E-state index in [1.54, 1.807) is 0 Å². The maximum absolute atomic E-state index is 12.5. The van der Waals surface area contributed by atoms with E-state index in [9.17, 15) is 24.3 Å². The summed E-state index contributed by atoms with van der Waals surface area (Å²) in [5, 5.41) is 16.5. The van der Waals surface area contributed by atoms with Crippen molar-refractivity contribution in [3.63, 3.8) is 0 Å². The second-order valence-corrected chi connectivity index (χ2v) is 6.59. The van der Waals surface area contributed by atoms with Crippen LogP contribution in [0.1, 0.15) is 18.3 Å². The van der Waals surface area contributed by atoms with Crippen LogP contribution in [0, 0.1) is 0 Å². The lowest BCUT2D eigenvalue weighted by Gasteiger charge is -2.19. The maximum atomic E-state index is 12.5. The number of aromatic nitrogens is 4. The lowest BCUT2D eigenvalue weighted by atomic mass is 10.1. The molecule has 2 aromatic heterocycles. The number of carbonyl (C=O) groups excluding carboxylic acids is 3. The molecule has 0 aromatic carbocycles. The van der Waals surface area contributed by atoms with Gasteiger partial charge in [0.25, 0.3) is 0 Å². The number of H-pyrrole nitrogens is 2. The van der Waals surface area contributed by atoms with Gasteiger partial charge in [0.15, 0.2) is 0 Å². The fourth-order valence-electron chi connectivity index (χ4n) is 2.48. The van der Waals surface area contributed by atoms with Gasteiger partial charge in [-0.15, -0.1) is 0 Å². The van der Waals surface area contributed by atoms with Crippen LogP contribution >= 0.6 is 0 Å². The molecule has 2 rings (SSSR count). The average molecular weight is 420 g/mol. The summed E-state index contributed by atoms with van der Waals surface area (Å²) in [5.41, 5.74) is 6.65. The molecule has 3 amide bonds. The van der Waals surface area contributed by atoms with Gasteiger partial charge in [0.05, 0.1) is 25.2 Å². The molecule has 3 unspecified atom stereocenters. The van der Waals surface area contributed by atoms with Crippen LogP contribution in [-0.4, -0.2) is 73.4 Å². The standard InChI is InChI=1S/C17H24N8O5/c1-9(18)15(27)25-12(2-10-4-19-7-22-10)16(28)21-6-14(26)24-13(17(29)30)3-11-5-20-8-23-11/h4-5,7-9,12-13H,2-3,6,18H2,1H3,(H,19,22)(H,20,23)(H,21,28)(H,24,26)(H,25,27)(H,29,30). The Balaban J connectivity index is 1.92. The average Bonchev–Trinajstić information content (AvgIpc) is 3.38. The van der Waals surface area contributed by atoms with Crippen molar-refractivity contribution in [2.24, 2.45) is 5.73 Å². The molecule has 0 saturated carbocycles. The minimum atomic E-state index is -1.23. The Morgan fingerprint density at radius 3 is 2.03 bits per heavy atom. The van der Waals surface area contributed by atoms with Crippen LogP contribution < -0.4 is 21.7 Å². The van der Waals surface area contributed by atoms with Crippen molar-refractivity contribution in [2.45, 2.75) is 37.9 Å². The third-order valence-electron chi connectivity index (χ3n) is 4.06. The Morgan fingerprint density at radius 2 is 1.57 bits per heavy atom. The van der Waals surface area contributed by atoms with Crippen LogP contribution in [0.3, 0.4) is 0 Å². The number of rotatable bonds is 11. The number of aromatic amines is 2. The van der Waals surface area contributed by atoms with E-state index in [0.717, 1.165) is 0 Å². The number of amides is 3. The summed E-state index contributed by atoms with van der Waals surface area (Å²) in [4.78, 5) is 61.1. The monoisotopic (exact) mass is 420 g/mol. The highest BCUT2D eigenvalue weighted by Gasteiger charge is 2.25. The van der Waals surface area contributed by atoms with Crippen molar-refractivity contribution in [1.82, 2.24) is 35.9 Å². The number of nitrogens with one attached hydrogen (secondary N) is 5. The third kappa shape index (κ3) is 7.01. The molecular weight excluding hydrogens is 396 g/mol. The van der Waals surface area contributed by atoms with Gasteiger partial charge >= 0.3 is 5.97 Å². The van der Waals surface area contributed by atoms with E-state index in [0.29, 0.717) is 11.4 Å². The summed E-state index contributed by atoms with van der Waals surface area (Å²) in [7, 11) is 0. The molecule has 0 radical (unpaired) electrons. The van der Waals surface area contributed by atoms with Gasteiger partial charge in [-0.3, -0.25) is 14.4 Å². The van der Waals surface area contributed by atoms with Crippen LogP contribution in [0.4, 0.5) is 0 Å². The Kier molecular flexibility index (Phi) is 8.05. The summed E-state index contributed by atoms with van der Waals surface area (Å²) >= 11 is 0. The first-order valence-corrected chi connectivity index (χ1v) is 9.06.